The highest BCUT2D eigenvalue weighted by Gasteiger charge is 2.09. The lowest BCUT2D eigenvalue weighted by Crippen LogP contribution is -1.88. The number of halogens is 2. The monoisotopic (exact) mass is 368 g/mol. The maximum absolute atomic E-state index is 5.98. The lowest BCUT2D eigenvalue weighted by atomic mass is 10.1. The van der Waals surface area contributed by atoms with Crippen LogP contribution in [0.5, 0.6) is 0 Å². The molecule has 0 radical (unpaired) electrons. The van der Waals surface area contributed by atoms with Gasteiger partial charge in [0.1, 0.15) is 5.82 Å². The molecule has 1 N–H and O–H groups in total. The van der Waals surface area contributed by atoms with E-state index in [4.69, 9.17) is 11.6 Å². The van der Waals surface area contributed by atoms with Crippen LogP contribution in [-0.2, 0) is 0 Å². The summed E-state index contributed by atoms with van der Waals surface area (Å²) < 4.78 is 1.22. The fourth-order valence-corrected chi connectivity index (χ4v) is 2.73. The van der Waals surface area contributed by atoms with Gasteiger partial charge in [-0.3, -0.25) is 0 Å². The van der Waals surface area contributed by atoms with Crippen LogP contribution in [0.1, 0.15) is 5.56 Å². The largest absolute Gasteiger partial charge is 0.338 e. The van der Waals surface area contributed by atoms with Crippen LogP contribution in [0.2, 0.25) is 5.02 Å². The SMILES string of the molecule is Cc1cccc(-c2nc3ccc(Cl)cc3[nH]2)c1I. The van der Waals surface area contributed by atoms with Crippen LogP contribution >= 0.6 is 34.2 Å². The van der Waals surface area contributed by atoms with Crippen LogP contribution in [0.4, 0.5) is 0 Å². The Morgan fingerprint density at radius 3 is 2.89 bits per heavy atom. The number of aryl methyl sites for hydroxylation is 1. The quantitative estimate of drug-likeness (QED) is 0.614. The molecule has 0 aliphatic rings. The van der Waals surface area contributed by atoms with Gasteiger partial charge in [0.15, 0.2) is 0 Å². The van der Waals surface area contributed by atoms with E-state index in [1.165, 1.54) is 9.13 Å². The average Bonchev–Trinajstić information content (AvgIpc) is 2.75. The van der Waals surface area contributed by atoms with Gasteiger partial charge in [-0.05, 0) is 53.3 Å². The molecule has 0 saturated carbocycles. The zero-order valence-corrected chi connectivity index (χ0v) is 12.6. The molecule has 0 amide bonds. The molecule has 0 bridgehead atoms. The summed E-state index contributed by atoms with van der Waals surface area (Å²) in [5.74, 6) is 0.889. The Morgan fingerprint density at radius 2 is 2.06 bits per heavy atom. The van der Waals surface area contributed by atoms with Crippen LogP contribution in [0.3, 0.4) is 0 Å². The van der Waals surface area contributed by atoms with Crippen molar-refractivity contribution in [1.29, 1.82) is 0 Å². The van der Waals surface area contributed by atoms with E-state index in [1.54, 1.807) is 0 Å². The van der Waals surface area contributed by atoms with Gasteiger partial charge in [-0.15, -0.1) is 0 Å². The number of aromatic nitrogens is 2. The summed E-state index contributed by atoms with van der Waals surface area (Å²) in [6.07, 6.45) is 0. The first-order valence-corrected chi connectivity index (χ1v) is 7.01. The minimum absolute atomic E-state index is 0.719. The highest BCUT2D eigenvalue weighted by atomic mass is 127. The molecule has 90 valence electrons. The molecule has 3 aromatic rings. The third-order valence-electron chi connectivity index (χ3n) is 2.89. The highest BCUT2D eigenvalue weighted by Crippen LogP contribution is 2.28. The Kier molecular flexibility index (Phi) is 3.03. The third kappa shape index (κ3) is 2.01. The van der Waals surface area contributed by atoms with E-state index in [2.05, 4.69) is 51.6 Å². The maximum Gasteiger partial charge on any atom is 0.139 e. The van der Waals surface area contributed by atoms with Crippen molar-refractivity contribution in [3.05, 3.63) is 50.6 Å². The number of hydrogen-bond donors (Lipinski definition) is 1. The molecule has 4 heteroatoms. The van der Waals surface area contributed by atoms with Crippen LogP contribution in [0.25, 0.3) is 22.4 Å². The van der Waals surface area contributed by atoms with E-state index in [-0.39, 0.29) is 0 Å². The number of hydrogen-bond acceptors (Lipinski definition) is 1. The summed E-state index contributed by atoms with van der Waals surface area (Å²) in [5, 5.41) is 0.719. The first-order chi connectivity index (χ1) is 8.65. The Labute approximate surface area is 124 Å². The molecule has 3 rings (SSSR count). The number of nitrogens with one attached hydrogen (secondary N) is 1. The van der Waals surface area contributed by atoms with Crippen molar-refractivity contribution in [2.45, 2.75) is 6.92 Å². The van der Waals surface area contributed by atoms with Gasteiger partial charge in [0, 0.05) is 14.2 Å². The maximum atomic E-state index is 5.98. The molecule has 0 atom stereocenters. The van der Waals surface area contributed by atoms with Crippen molar-refractivity contribution in [3.63, 3.8) is 0 Å². The molecule has 2 aromatic carbocycles. The molecule has 0 fully saturated rings. The lowest BCUT2D eigenvalue weighted by Gasteiger charge is -2.03. The van der Waals surface area contributed by atoms with E-state index < -0.39 is 0 Å². The predicted molar refractivity (Wildman–Crippen MR) is 84.0 cm³/mol. The molecule has 0 spiro atoms. The standard InChI is InChI=1S/C14H10ClIN2/c1-8-3-2-4-10(13(8)16)14-17-11-6-5-9(15)7-12(11)18-14/h2-7H,1H3,(H,17,18). The van der Waals surface area contributed by atoms with Gasteiger partial charge in [0.2, 0.25) is 0 Å². The van der Waals surface area contributed by atoms with E-state index in [9.17, 15) is 0 Å². The Balaban J connectivity index is 2.22. The second kappa shape index (κ2) is 4.55. The van der Waals surface area contributed by atoms with Gasteiger partial charge in [-0.25, -0.2) is 4.98 Å². The van der Waals surface area contributed by atoms with Gasteiger partial charge in [-0.1, -0.05) is 29.8 Å². The zero-order valence-electron chi connectivity index (χ0n) is 9.67. The van der Waals surface area contributed by atoms with Crippen molar-refractivity contribution < 1.29 is 0 Å². The second-order valence-corrected chi connectivity index (χ2v) is 5.70. The fourth-order valence-electron chi connectivity index (χ4n) is 1.94. The van der Waals surface area contributed by atoms with E-state index in [1.807, 2.05) is 24.3 Å². The number of H-pyrrole nitrogens is 1. The number of rotatable bonds is 1. The summed E-state index contributed by atoms with van der Waals surface area (Å²) in [7, 11) is 0. The molecule has 0 saturated heterocycles. The molecule has 1 heterocycles. The zero-order chi connectivity index (χ0) is 12.7. The first-order valence-electron chi connectivity index (χ1n) is 5.56. The van der Waals surface area contributed by atoms with Crippen LogP contribution in [-0.4, -0.2) is 9.97 Å². The van der Waals surface area contributed by atoms with Crippen molar-refractivity contribution in [2.75, 3.05) is 0 Å². The van der Waals surface area contributed by atoms with Crippen molar-refractivity contribution in [3.8, 4) is 11.4 Å². The summed E-state index contributed by atoms with van der Waals surface area (Å²) in [5.41, 5.74) is 4.29. The number of nitrogens with zero attached hydrogens (tertiary/aromatic N) is 1. The van der Waals surface area contributed by atoms with Gasteiger partial charge >= 0.3 is 0 Å². The van der Waals surface area contributed by atoms with Crippen molar-refractivity contribution >= 4 is 45.2 Å². The number of fused-ring (bicyclic) bond motifs is 1. The number of imidazole rings is 1. The molecule has 0 aliphatic carbocycles. The Bertz CT molecular complexity index is 734. The molecular weight excluding hydrogens is 359 g/mol. The van der Waals surface area contributed by atoms with Crippen LogP contribution in [0, 0.1) is 10.5 Å². The molecule has 18 heavy (non-hydrogen) atoms. The topological polar surface area (TPSA) is 28.7 Å². The summed E-state index contributed by atoms with van der Waals surface area (Å²) in [6.45, 7) is 2.10. The Hall–Kier alpha value is -1.07. The fraction of sp³-hybridized carbons (Fsp3) is 0.0714. The second-order valence-electron chi connectivity index (χ2n) is 4.18. The molecule has 0 aliphatic heterocycles. The average molecular weight is 369 g/mol. The summed E-state index contributed by atoms with van der Waals surface area (Å²) >= 11 is 8.33. The minimum atomic E-state index is 0.719. The van der Waals surface area contributed by atoms with E-state index >= 15 is 0 Å². The molecule has 2 nitrogen and oxygen atoms in total. The predicted octanol–water partition coefficient (Wildman–Crippen LogP) is 4.80. The lowest BCUT2D eigenvalue weighted by molar-refractivity contribution is 1.31. The number of benzene rings is 2. The normalized spacial score (nSPS) is 11.1. The summed E-state index contributed by atoms with van der Waals surface area (Å²) in [4.78, 5) is 7.93. The van der Waals surface area contributed by atoms with E-state index in [0.29, 0.717) is 0 Å². The molecule has 0 unspecified atom stereocenters. The van der Waals surface area contributed by atoms with Crippen LogP contribution < -0.4 is 0 Å². The van der Waals surface area contributed by atoms with Crippen molar-refractivity contribution in [2.24, 2.45) is 0 Å². The minimum Gasteiger partial charge on any atom is -0.338 e. The van der Waals surface area contributed by atoms with Gasteiger partial charge in [0.05, 0.1) is 11.0 Å². The third-order valence-corrected chi connectivity index (χ3v) is 4.56. The molecule has 1 aromatic heterocycles. The van der Waals surface area contributed by atoms with Gasteiger partial charge in [0.25, 0.3) is 0 Å². The summed E-state index contributed by atoms with van der Waals surface area (Å²) in [6, 6.07) is 11.9. The van der Waals surface area contributed by atoms with Gasteiger partial charge in [-0.2, -0.15) is 0 Å². The first kappa shape index (κ1) is 12.0. The van der Waals surface area contributed by atoms with Crippen molar-refractivity contribution in [1.82, 2.24) is 9.97 Å². The van der Waals surface area contributed by atoms with Gasteiger partial charge < -0.3 is 4.98 Å². The Morgan fingerprint density at radius 1 is 1.22 bits per heavy atom. The van der Waals surface area contributed by atoms with Crippen LogP contribution in [0.15, 0.2) is 36.4 Å². The molecular formula is C14H10ClIN2. The number of aromatic amines is 1. The highest BCUT2D eigenvalue weighted by molar-refractivity contribution is 14.1. The smallest absolute Gasteiger partial charge is 0.139 e. The van der Waals surface area contributed by atoms with E-state index in [0.717, 1.165) is 27.4 Å².